The van der Waals surface area contributed by atoms with E-state index in [1.54, 1.807) is 0 Å². The Morgan fingerprint density at radius 3 is 2.70 bits per heavy atom. The molecule has 20 heavy (non-hydrogen) atoms. The Hall–Kier alpha value is -0.950. The molecule has 1 aliphatic carbocycles. The van der Waals surface area contributed by atoms with Crippen LogP contribution >= 0.6 is 11.8 Å². The van der Waals surface area contributed by atoms with E-state index in [4.69, 9.17) is 9.84 Å². The quantitative estimate of drug-likeness (QED) is 0.710. The number of hydrogen-bond acceptors (Lipinski definition) is 4. The number of thioether (sulfide) groups is 1. The fourth-order valence-corrected chi connectivity index (χ4v) is 3.56. The van der Waals surface area contributed by atoms with Gasteiger partial charge in [-0.25, -0.2) is 9.59 Å². The van der Waals surface area contributed by atoms with Gasteiger partial charge in [0.1, 0.15) is 0 Å². The van der Waals surface area contributed by atoms with Crippen molar-refractivity contribution in [3.63, 3.8) is 0 Å². The summed E-state index contributed by atoms with van der Waals surface area (Å²) in [5, 5.41) is 15.2. The molecular weight excluding hydrogens is 280 g/mol. The number of carboxylic acid groups (broad SMARTS) is 1. The summed E-state index contributed by atoms with van der Waals surface area (Å²) in [7, 11) is 0. The van der Waals surface area contributed by atoms with Crippen LogP contribution in [0.2, 0.25) is 0 Å². The van der Waals surface area contributed by atoms with E-state index in [0.717, 1.165) is 19.3 Å². The third-order valence-electron chi connectivity index (χ3n) is 3.93. The van der Waals surface area contributed by atoms with Crippen LogP contribution < -0.4 is 10.6 Å². The van der Waals surface area contributed by atoms with Gasteiger partial charge in [-0.2, -0.15) is 11.8 Å². The van der Waals surface area contributed by atoms with Crippen LogP contribution in [0.4, 0.5) is 4.79 Å². The van der Waals surface area contributed by atoms with Crippen LogP contribution in [0.5, 0.6) is 0 Å². The van der Waals surface area contributed by atoms with Gasteiger partial charge in [0, 0.05) is 17.8 Å². The SMILES string of the molecule is CSC1CCC(NC(=O)NCC2CCC(C(=O)O)O2)C1. The van der Waals surface area contributed by atoms with E-state index in [1.165, 1.54) is 0 Å². The van der Waals surface area contributed by atoms with Crippen molar-refractivity contribution in [2.24, 2.45) is 0 Å². The van der Waals surface area contributed by atoms with Crippen LogP contribution in [-0.2, 0) is 9.53 Å². The summed E-state index contributed by atoms with van der Waals surface area (Å²) in [5.74, 6) is -0.925. The molecule has 3 N–H and O–H groups in total. The third-order valence-corrected chi connectivity index (χ3v) is 5.02. The zero-order valence-electron chi connectivity index (χ0n) is 11.6. The van der Waals surface area contributed by atoms with Gasteiger partial charge in [0.05, 0.1) is 6.10 Å². The van der Waals surface area contributed by atoms with Gasteiger partial charge in [0.25, 0.3) is 0 Å². The van der Waals surface area contributed by atoms with Crippen molar-refractivity contribution in [3.8, 4) is 0 Å². The van der Waals surface area contributed by atoms with Crippen molar-refractivity contribution >= 4 is 23.8 Å². The van der Waals surface area contributed by atoms with Crippen molar-refractivity contribution < 1.29 is 19.4 Å². The zero-order valence-corrected chi connectivity index (χ0v) is 12.4. The summed E-state index contributed by atoms with van der Waals surface area (Å²) < 4.78 is 5.33. The number of carbonyl (C=O) groups excluding carboxylic acids is 1. The number of carboxylic acids is 1. The molecule has 2 aliphatic rings. The van der Waals surface area contributed by atoms with Crippen molar-refractivity contribution in [2.75, 3.05) is 12.8 Å². The number of urea groups is 1. The fraction of sp³-hybridized carbons (Fsp3) is 0.846. The highest BCUT2D eigenvalue weighted by Crippen LogP contribution is 2.28. The highest BCUT2D eigenvalue weighted by molar-refractivity contribution is 7.99. The molecule has 4 atom stereocenters. The molecule has 0 aromatic rings. The van der Waals surface area contributed by atoms with Gasteiger partial charge in [-0.05, 0) is 38.4 Å². The van der Waals surface area contributed by atoms with Crippen molar-refractivity contribution in [1.29, 1.82) is 0 Å². The first-order chi connectivity index (χ1) is 9.58. The van der Waals surface area contributed by atoms with E-state index in [2.05, 4.69) is 16.9 Å². The maximum absolute atomic E-state index is 11.8. The molecule has 4 unspecified atom stereocenters. The fourth-order valence-electron chi connectivity index (χ4n) is 2.77. The van der Waals surface area contributed by atoms with Crippen LogP contribution in [0.3, 0.4) is 0 Å². The van der Waals surface area contributed by atoms with Gasteiger partial charge < -0.3 is 20.5 Å². The molecule has 0 radical (unpaired) electrons. The van der Waals surface area contributed by atoms with Crippen molar-refractivity contribution in [3.05, 3.63) is 0 Å². The van der Waals surface area contributed by atoms with Gasteiger partial charge in [-0.15, -0.1) is 0 Å². The normalized spacial score (nSPS) is 33.0. The minimum atomic E-state index is -0.925. The first-order valence-electron chi connectivity index (χ1n) is 7.04. The predicted molar refractivity (Wildman–Crippen MR) is 77.0 cm³/mol. The molecule has 7 heteroatoms. The molecule has 6 nitrogen and oxygen atoms in total. The summed E-state index contributed by atoms with van der Waals surface area (Å²) in [6.45, 7) is 0.369. The number of ether oxygens (including phenoxy) is 1. The lowest BCUT2D eigenvalue weighted by Gasteiger charge is -2.16. The minimum Gasteiger partial charge on any atom is -0.479 e. The maximum Gasteiger partial charge on any atom is 0.332 e. The second-order valence-electron chi connectivity index (χ2n) is 5.38. The standard InChI is InChI=1S/C13H22N2O4S/c1-20-10-4-2-8(6-10)15-13(18)14-7-9-3-5-11(19-9)12(16)17/h8-11H,2-7H2,1H3,(H,16,17)(H2,14,15,18). The monoisotopic (exact) mass is 302 g/mol. The molecule has 2 amide bonds. The Labute approximate surface area is 123 Å². The number of amides is 2. The number of hydrogen-bond donors (Lipinski definition) is 3. The number of nitrogens with one attached hydrogen (secondary N) is 2. The zero-order chi connectivity index (χ0) is 14.5. The van der Waals surface area contributed by atoms with Crippen LogP contribution in [0.1, 0.15) is 32.1 Å². The average Bonchev–Trinajstić information content (AvgIpc) is 3.05. The minimum absolute atomic E-state index is 0.181. The van der Waals surface area contributed by atoms with Crippen LogP contribution in [0.15, 0.2) is 0 Å². The molecule has 114 valence electrons. The molecule has 2 fully saturated rings. The van der Waals surface area contributed by atoms with Gasteiger partial charge in [-0.3, -0.25) is 0 Å². The van der Waals surface area contributed by atoms with Crippen LogP contribution in [-0.4, -0.2) is 53.4 Å². The van der Waals surface area contributed by atoms with Crippen molar-refractivity contribution in [1.82, 2.24) is 10.6 Å². The largest absolute Gasteiger partial charge is 0.479 e. The van der Waals surface area contributed by atoms with Gasteiger partial charge in [0.2, 0.25) is 0 Å². The van der Waals surface area contributed by atoms with E-state index >= 15 is 0 Å². The Kier molecular flexibility index (Phi) is 5.54. The molecule has 2 rings (SSSR count). The molecule has 1 aliphatic heterocycles. The van der Waals surface area contributed by atoms with Crippen LogP contribution in [0.25, 0.3) is 0 Å². The summed E-state index contributed by atoms with van der Waals surface area (Å²) >= 11 is 1.85. The second-order valence-corrected chi connectivity index (χ2v) is 6.52. The number of carbonyl (C=O) groups is 2. The highest BCUT2D eigenvalue weighted by Gasteiger charge is 2.31. The summed E-state index contributed by atoms with van der Waals surface area (Å²) in [6, 6.07) is 0.0721. The summed E-state index contributed by atoms with van der Waals surface area (Å²) in [5.41, 5.74) is 0. The second kappa shape index (κ2) is 7.17. The number of rotatable bonds is 5. The van der Waals surface area contributed by atoms with Gasteiger partial charge in [-0.1, -0.05) is 0 Å². The molecule has 1 saturated heterocycles. The first-order valence-corrected chi connectivity index (χ1v) is 8.32. The van der Waals surface area contributed by atoms with Crippen LogP contribution in [0, 0.1) is 0 Å². The molecule has 0 bridgehead atoms. The van der Waals surface area contributed by atoms with E-state index < -0.39 is 12.1 Å². The molecule has 0 aromatic heterocycles. The van der Waals surface area contributed by atoms with E-state index in [0.29, 0.717) is 24.6 Å². The van der Waals surface area contributed by atoms with Gasteiger partial charge >= 0.3 is 12.0 Å². The number of aliphatic carboxylic acids is 1. The molecule has 1 saturated carbocycles. The molecule has 0 spiro atoms. The van der Waals surface area contributed by atoms with E-state index in [9.17, 15) is 9.59 Å². The lowest BCUT2D eigenvalue weighted by atomic mass is 10.2. The Balaban J connectivity index is 1.62. The highest BCUT2D eigenvalue weighted by atomic mass is 32.2. The Morgan fingerprint density at radius 1 is 1.30 bits per heavy atom. The maximum atomic E-state index is 11.8. The van der Waals surface area contributed by atoms with E-state index in [1.807, 2.05) is 11.8 Å². The summed E-state index contributed by atoms with van der Waals surface area (Å²) in [6.07, 6.45) is 5.58. The van der Waals surface area contributed by atoms with E-state index in [-0.39, 0.29) is 18.2 Å². The Morgan fingerprint density at radius 2 is 2.10 bits per heavy atom. The lowest BCUT2D eigenvalue weighted by molar-refractivity contribution is -0.149. The van der Waals surface area contributed by atoms with Gasteiger partial charge in [0.15, 0.2) is 6.10 Å². The molecular formula is C13H22N2O4S. The lowest BCUT2D eigenvalue weighted by Crippen LogP contribution is -2.44. The first kappa shape index (κ1) is 15.4. The molecule has 0 aromatic carbocycles. The Bertz CT molecular complexity index is 366. The molecule has 1 heterocycles. The third kappa shape index (κ3) is 4.28. The topological polar surface area (TPSA) is 87.7 Å². The smallest absolute Gasteiger partial charge is 0.332 e. The average molecular weight is 302 g/mol. The van der Waals surface area contributed by atoms with Crippen molar-refractivity contribution in [2.45, 2.75) is 55.6 Å². The predicted octanol–water partition coefficient (Wildman–Crippen LogP) is 1.20. The summed E-state index contributed by atoms with van der Waals surface area (Å²) in [4.78, 5) is 22.5.